The summed E-state index contributed by atoms with van der Waals surface area (Å²) in [6.45, 7) is 5.49. The third-order valence-corrected chi connectivity index (χ3v) is 8.59. The van der Waals surface area contributed by atoms with Crippen LogP contribution in [0.15, 0.2) is 53.4 Å². The average Bonchev–Trinajstić information content (AvgIpc) is 3.28. The zero-order valence-electron chi connectivity index (χ0n) is 23.0. The van der Waals surface area contributed by atoms with Crippen molar-refractivity contribution in [3.05, 3.63) is 54.1 Å². The molecular formula is C28H33F3N4O5S. The maximum absolute atomic E-state index is 14.0. The van der Waals surface area contributed by atoms with Crippen LogP contribution in [0.5, 0.6) is 0 Å². The first kappa shape index (κ1) is 30.5. The van der Waals surface area contributed by atoms with Crippen molar-refractivity contribution in [1.29, 1.82) is 0 Å². The average molecular weight is 595 g/mol. The Bertz CT molecular complexity index is 1420. The molecule has 0 saturated carbocycles. The second-order valence-corrected chi connectivity index (χ2v) is 13.0. The van der Waals surface area contributed by atoms with Gasteiger partial charge in [-0.1, -0.05) is 36.4 Å². The highest BCUT2D eigenvalue weighted by atomic mass is 32.2. The van der Waals surface area contributed by atoms with E-state index >= 15 is 0 Å². The molecule has 9 nitrogen and oxygen atoms in total. The lowest BCUT2D eigenvalue weighted by Gasteiger charge is -2.35. The number of alkyl halides is 3. The minimum absolute atomic E-state index is 0.0504. The van der Waals surface area contributed by atoms with Gasteiger partial charge in [-0.25, -0.2) is 17.9 Å². The standard InChI is InChI=1S/C28H33F3N4O5S/c1-27(2,3)32-26(38)35-22(10-12-24(35)36)25(37)34-15-13-20(14-16-34)33-41(39,40)23-11-9-19(17-21(23)28(29,30)31)18-7-5-4-6-8-18/h4-9,11,17,20,22,33H,10,12-16H2,1-3H3,(H,32,38)/t22-/m0/s1. The van der Waals surface area contributed by atoms with Gasteiger partial charge in [0.05, 0.1) is 10.5 Å². The number of piperidine rings is 1. The van der Waals surface area contributed by atoms with Crippen LogP contribution >= 0.6 is 0 Å². The third-order valence-electron chi connectivity index (χ3n) is 7.01. The van der Waals surface area contributed by atoms with E-state index in [4.69, 9.17) is 0 Å². The van der Waals surface area contributed by atoms with E-state index in [1.165, 1.54) is 11.0 Å². The van der Waals surface area contributed by atoms with Crippen LogP contribution in [-0.4, -0.2) is 66.8 Å². The monoisotopic (exact) mass is 594 g/mol. The van der Waals surface area contributed by atoms with Crippen molar-refractivity contribution in [2.75, 3.05) is 13.1 Å². The van der Waals surface area contributed by atoms with Crippen molar-refractivity contribution >= 4 is 27.9 Å². The van der Waals surface area contributed by atoms with Gasteiger partial charge in [-0.3, -0.25) is 14.5 Å². The van der Waals surface area contributed by atoms with Crippen LogP contribution in [0.3, 0.4) is 0 Å². The molecule has 1 atom stereocenters. The lowest BCUT2D eigenvalue weighted by atomic mass is 10.0. The second-order valence-electron chi connectivity index (χ2n) is 11.3. The van der Waals surface area contributed by atoms with Gasteiger partial charge in [0.15, 0.2) is 0 Å². The van der Waals surface area contributed by atoms with E-state index in [0.717, 1.165) is 17.0 Å². The van der Waals surface area contributed by atoms with Gasteiger partial charge in [0.2, 0.25) is 21.8 Å². The van der Waals surface area contributed by atoms with E-state index in [2.05, 4.69) is 10.0 Å². The van der Waals surface area contributed by atoms with Crippen LogP contribution in [0.4, 0.5) is 18.0 Å². The van der Waals surface area contributed by atoms with E-state index < -0.39 is 62.1 Å². The number of urea groups is 1. The van der Waals surface area contributed by atoms with Gasteiger partial charge in [0, 0.05) is 31.1 Å². The predicted molar refractivity (Wildman–Crippen MR) is 145 cm³/mol. The molecule has 2 aliphatic heterocycles. The SMILES string of the molecule is CC(C)(C)NC(=O)N1C(=O)CC[C@H]1C(=O)N1CCC(NS(=O)(=O)c2ccc(-c3ccccc3)cc2C(F)(F)F)CC1. The van der Waals surface area contributed by atoms with Crippen LogP contribution in [0.2, 0.25) is 0 Å². The molecular weight excluding hydrogens is 561 g/mol. The molecule has 2 aliphatic rings. The van der Waals surface area contributed by atoms with Gasteiger partial charge in [-0.15, -0.1) is 0 Å². The van der Waals surface area contributed by atoms with Crippen molar-refractivity contribution < 1.29 is 36.0 Å². The van der Waals surface area contributed by atoms with Crippen molar-refractivity contribution in [3.8, 4) is 11.1 Å². The summed E-state index contributed by atoms with van der Waals surface area (Å²) in [5.74, 6) is -0.872. The van der Waals surface area contributed by atoms with E-state index in [0.29, 0.717) is 5.56 Å². The Morgan fingerprint density at radius 2 is 1.56 bits per heavy atom. The molecule has 0 unspecified atom stereocenters. The largest absolute Gasteiger partial charge is 0.417 e. The Hall–Kier alpha value is -3.45. The van der Waals surface area contributed by atoms with Crippen molar-refractivity contribution in [2.24, 2.45) is 0 Å². The van der Waals surface area contributed by atoms with E-state index in [9.17, 15) is 36.0 Å². The van der Waals surface area contributed by atoms with Crippen LogP contribution in [0, 0.1) is 0 Å². The highest BCUT2D eigenvalue weighted by molar-refractivity contribution is 7.89. The lowest BCUT2D eigenvalue weighted by molar-refractivity contribution is -0.140. The summed E-state index contributed by atoms with van der Waals surface area (Å²) >= 11 is 0. The van der Waals surface area contributed by atoms with Gasteiger partial charge in [-0.2, -0.15) is 13.2 Å². The topological polar surface area (TPSA) is 116 Å². The second kappa shape index (κ2) is 11.4. The number of carbonyl (C=O) groups is 3. The molecule has 41 heavy (non-hydrogen) atoms. The Labute approximate surface area is 237 Å². The number of hydrogen-bond donors (Lipinski definition) is 2. The van der Waals surface area contributed by atoms with Gasteiger partial charge in [-0.05, 0) is 63.3 Å². The quantitative estimate of drug-likeness (QED) is 0.540. The zero-order valence-corrected chi connectivity index (χ0v) is 23.8. The molecule has 2 aromatic carbocycles. The molecule has 4 amide bonds. The van der Waals surface area contributed by atoms with Gasteiger partial charge in [0.25, 0.3) is 0 Å². The summed E-state index contributed by atoms with van der Waals surface area (Å²) in [4.78, 5) is 39.8. The Balaban J connectivity index is 1.44. The molecule has 0 spiro atoms. The van der Waals surface area contributed by atoms with Crippen LogP contribution in [0.1, 0.15) is 52.0 Å². The summed E-state index contributed by atoms with van der Waals surface area (Å²) < 4.78 is 70.5. The summed E-state index contributed by atoms with van der Waals surface area (Å²) in [5.41, 5.74) is -1.13. The molecule has 0 aliphatic carbocycles. The van der Waals surface area contributed by atoms with Gasteiger partial charge >= 0.3 is 12.2 Å². The molecule has 2 fully saturated rings. The molecule has 0 radical (unpaired) electrons. The molecule has 13 heteroatoms. The third kappa shape index (κ3) is 7.07. The van der Waals surface area contributed by atoms with Crippen molar-refractivity contribution in [2.45, 2.75) is 75.1 Å². The highest BCUT2D eigenvalue weighted by Crippen LogP contribution is 2.37. The van der Waals surface area contributed by atoms with E-state index in [1.807, 2.05) is 0 Å². The maximum Gasteiger partial charge on any atom is 0.417 e. The van der Waals surface area contributed by atoms with Gasteiger partial charge < -0.3 is 10.2 Å². The van der Waals surface area contributed by atoms with Crippen molar-refractivity contribution in [3.63, 3.8) is 0 Å². The normalized spacial score (nSPS) is 19.0. The molecule has 0 aromatic heterocycles. The Morgan fingerprint density at radius 3 is 2.15 bits per heavy atom. The first-order chi connectivity index (χ1) is 19.1. The lowest BCUT2D eigenvalue weighted by Crippen LogP contribution is -2.56. The fourth-order valence-electron chi connectivity index (χ4n) is 5.06. The molecule has 2 saturated heterocycles. The summed E-state index contributed by atoms with van der Waals surface area (Å²) in [6.07, 6.45) is -4.36. The number of carbonyl (C=O) groups excluding carboxylic acids is 3. The number of imide groups is 1. The fourth-order valence-corrected chi connectivity index (χ4v) is 6.57. The number of rotatable bonds is 5. The number of benzene rings is 2. The zero-order chi connectivity index (χ0) is 30.2. The molecule has 2 heterocycles. The number of likely N-dealkylation sites (tertiary alicyclic amines) is 2. The number of nitrogens with zero attached hydrogens (tertiary/aromatic N) is 2. The molecule has 0 bridgehead atoms. The first-order valence-electron chi connectivity index (χ1n) is 13.3. The summed E-state index contributed by atoms with van der Waals surface area (Å²) in [7, 11) is -4.55. The van der Waals surface area contributed by atoms with Crippen LogP contribution in [0.25, 0.3) is 11.1 Å². The number of amides is 4. The van der Waals surface area contributed by atoms with E-state index in [1.54, 1.807) is 51.1 Å². The fraction of sp³-hybridized carbons (Fsp3) is 0.464. The molecule has 4 rings (SSSR count). The minimum atomic E-state index is -4.91. The molecule has 2 aromatic rings. The number of sulfonamides is 1. The maximum atomic E-state index is 14.0. The molecule has 222 valence electrons. The van der Waals surface area contributed by atoms with E-state index in [-0.39, 0.29) is 44.3 Å². The van der Waals surface area contributed by atoms with Gasteiger partial charge in [0.1, 0.15) is 6.04 Å². The van der Waals surface area contributed by atoms with Crippen LogP contribution < -0.4 is 10.0 Å². The molecule has 2 N–H and O–H groups in total. The summed E-state index contributed by atoms with van der Waals surface area (Å²) in [5, 5.41) is 2.69. The Morgan fingerprint density at radius 1 is 0.927 bits per heavy atom. The predicted octanol–water partition coefficient (Wildman–Crippen LogP) is 4.14. The highest BCUT2D eigenvalue weighted by Gasteiger charge is 2.44. The van der Waals surface area contributed by atoms with Crippen molar-refractivity contribution in [1.82, 2.24) is 19.8 Å². The first-order valence-corrected chi connectivity index (χ1v) is 14.8. The van der Waals surface area contributed by atoms with Crippen LogP contribution in [-0.2, 0) is 25.8 Å². The number of halogens is 3. The smallest absolute Gasteiger partial charge is 0.341 e. The summed E-state index contributed by atoms with van der Waals surface area (Å²) in [6, 6.07) is 9.15. The Kier molecular flexibility index (Phi) is 8.51. The number of nitrogens with one attached hydrogen (secondary N) is 2. The minimum Gasteiger partial charge on any atom is -0.341 e. The number of hydrogen-bond acceptors (Lipinski definition) is 5.